The lowest BCUT2D eigenvalue weighted by atomic mass is 10.0. The number of unbranched alkanes of at least 4 members (excludes halogenated alkanes) is 31. The van der Waals surface area contributed by atoms with Crippen LogP contribution in [0.4, 0.5) is 0 Å². The Balaban J connectivity index is 4.15. The van der Waals surface area contributed by atoms with E-state index in [9.17, 15) is 14.4 Å². The van der Waals surface area contributed by atoms with E-state index >= 15 is 0 Å². The van der Waals surface area contributed by atoms with Crippen molar-refractivity contribution in [3.63, 3.8) is 0 Å². The molecule has 6 nitrogen and oxygen atoms in total. The molecule has 0 fully saturated rings. The van der Waals surface area contributed by atoms with Gasteiger partial charge >= 0.3 is 17.9 Å². The number of esters is 3. The molecule has 82 heavy (non-hydrogen) atoms. The van der Waals surface area contributed by atoms with Crippen LogP contribution >= 0.6 is 0 Å². The van der Waals surface area contributed by atoms with E-state index in [-0.39, 0.29) is 31.1 Å². The molecule has 0 aromatic carbocycles. The minimum atomic E-state index is -0.783. The number of hydrogen-bond donors (Lipinski definition) is 0. The fourth-order valence-electron chi connectivity index (χ4n) is 9.62. The third kappa shape index (κ3) is 66.6. The number of hydrogen-bond acceptors (Lipinski definition) is 6. The number of rotatable bonds is 62. The van der Waals surface area contributed by atoms with Gasteiger partial charge in [-0.1, -0.05) is 316 Å². The summed E-state index contributed by atoms with van der Waals surface area (Å²) in [7, 11) is 0. The van der Waals surface area contributed by atoms with Gasteiger partial charge in [-0.05, 0) is 109 Å². The lowest BCUT2D eigenvalue weighted by molar-refractivity contribution is -0.167. The van der Waals surface area contributed by atoms with E-state index in [1.165, 1.54) is 154 Å². The summed E-state index contributed by atoms with van der Waals surface area (Å²) in [6.45, 7) is 6.40. The molecule has 0 heterocycles. The minimum Gasteiger partial charge on any atom is -0.462 e. The van der Waals surface area contributed by atoms with Gasteiger partial charge in [0, 0.05) is 19.3 Å². The van der Waals surface area contributed by atoms with E-state index in [2.05, 4.69) is 142 Å². The molecule has 0 aliphatic heterocycles. The van der Waals surface area contributed by atoms with E-state index in [0.717, 1.165) is 128 Å². The first-order valence-corrected chi connectivity index (χ1v) is 34.5. The summed E-state index contributed by atoms with van der Waals surface area (Å²) in [6, 6.07) is 0. The number of carbonyl (C=O) groups is 3. The average Bonchev–Trinajstić information content (AvgIpc) is 3.48. The highest BCUT2D eigenvalue weighted by atomic mass is 16.6. The first-order chi connectivity index (χ1) is 40.5. The Hall–Kier alpha value is -4.19. The van der Waals surface area contributed by atoms with Crippen molar-refractivity contribution in [1.29, 1.82) is 0 Å². The third-order valence-electron chi connectivity index (χ3n) is 14.7. The second-order valence-corrected chi connectivity index (χ2v) is 22.7. The molecular weight excluding hydrogens is 1010 g/mol. The molecule has 1 atom stereocenters. The van der Waals surface area contributed by atoms with Gasteiger partial charge in [0.05, 0.1) is 0 Å². The van der Waals surface area contributed by atoms with Crippen molar-refractivity contribution in [2.24, 2.45) is 0 Å². The third-order valence-corrected chi connectivity index (χ3v) is 14.7. The molecule has 0 saturated carbocycles. The topological polar surface area (TPSA) is 78.9 Å². The molecular formula is C76H128O6. The Morgan fingerprint density at radius 3 is 0.744 bits per heavy atom. The molecule has 0 N–H and O–H groups in total. The highest BCUT2D eigenvalue weighted by Gasteiger charge is 2.19. The van der Waals surface area contributed by atoms with Gasteiger partial charge in [-0.2, -0.15) is 0 Å². The summed E-state index contributed by atoms with van der Waals surface area (Å²) in [6.07, 6.45) is 96.7. The van der Waals surface area contributed by atoms with Gasteiger partial charge in [0.1, 0.15) is 13.2 Å². The maximum Gasteiger partial charge on any atom is 0.306 e. The predicted octanol–water partition coefficient (Wildman–Crippen LogP) is 23.9. The van der Waals surface area contributed by atoms with E-state index in [4.69, 9.17) is 14.2 Å². The van der Waals surface area contributed by atoms with Crippen LogP contribution in [-0.4, -0.2) is 37.2 Å². The summed E-state index contributed by atoms with van der Waals surface area (Å²) < 4.78 is 16.9. The summed E-state index contributed by atoms with van der Waals surface area (Å²) in [5.74, 6) is -0.883. The quantitative estimate of drug-likeness (QED) is 0.0261. The molecule has 0 radical (unpaired) electrons. The van der Waals surface area contributed by atoms with Crippen molar-refractivity contribution in [3.8, 4) is 0 Å². The molecule has 0 amide bonds. The van der Waals surface area contributed by atoms with Crippen LogP contribution in [0, 0.1) is 0 Å². The Morgan fingerprint density at radius 2 is 0.476 bits per heavy atom. The van der Waals surface area contributed by atoms with Gasteiger partial charge in [0.25, 0.3) is 0 Å². The summed E-state index contributed by atoms with van der Waals surface area (Å²) in [4.78, 5) is 38.2. The van der Waals surface area contributed by atoms with Gasteiger partial charge in [-0.25, -0.2) is 0 Å². The normalized spacial score (nSPS) is 12.9. The minimum absolute atomic E-state index is 0.0798. The molecule has 0 spiro atoms. The van der Waals surface area contributed by atoms with Crippen molar-refractivity contribution >= 4 is 17.9 Å². The van der Waals surface area contributed by atoms with Gasteiger partial charge < -0.3 is 14.2 Å². The van der Waals surface area contributed by atoms with Gasteiger partial charge in [-0.3, -0.25) is 14.4 Å². The second kappa shape index (κ2) is 69.3. The fourth-order valence-corrected chi connectivity index (χ4v) is 9.62. The monoisotopic (exact) mass is 1140 g/mol. The van der Waals surface area contributed by atoms with Crippen molar-refractivity contribution in [2.45, 2.75) is 329 Å². The second-order valence-electron chi connectivity index (χ2n) is 22.7. The molecule has 0 aromatic heterocycles. The van der Waals surface area contributed by atoms with E-state index in [0.29, 0.717) is 19.3 Å². The van der Waals surface area contributed by atoms with Crippen LogP contribution < -0.4 is 0 Å². The molecule has 6 heteroatoms. The van der Waals surface area contributed by atoms with Gasteiger partial charge in [-0.15, -0.1) is 0 Å². The fraction of sp³-hybridized carbons (Fsp3) is 0.697. The van der Waals surface area contributed by atoms with Crippen LogP contribution in [-0.2, 0) is 28.6 Å². The summed E-state index contributed by atoms with van der Waals surface area (Å²) in [5, 5.41) is 0. The first kappa shape index (κ1) is 77.8. The molecule has 0 rings (SSSR count). The van der Waals surface area contributed by atoms with Gasteiger partial charge in [0.2, 0.25) is 0 Å². The number of allylic oxidation sites excluding steroid dienone is 20. The van der Waals surface area contributed by atoms with Crippen molar-refractivity contribution in [1.82, 2.24) is 0 Å². The van der Waals surface area contributed by atoms with E-state index < -0.39 is 6.10 Å². The smallest absolute Gasteiger partial charge is 0.306 e. The van der Waals surface area contributed by atoms with E-state index in [1.54, 1.807) is 0 Å². The maximum atomic E-state index is 12.9. The van der Waals surface area contributed by atoms with Crippen LogP contribution in [0.5, 0.6) is 0 Å². The highest BCUT2D eigenvalue weighted by molar-refractivity contribution is 5.71. The molecule has 1 unspecified atom stereocenters. The summed E-state index contributed by atoms with van der Waals surface area (Å²) >= 11 is 0. The van der Waals surface area contributed by atoms with E-state index in [1.807, 2.05) is 0 Å². The predicted molar refractivity (Wildman–Crippen MR) is 357 cm³/mol. The number of ether oxygens (including phenoxy) is 3. The molecule has 0 saturated heterocycles. The zero-order valence-electron chi connectivity index (χ0n) is 53.7. The van der Waals surface area contributed by atoms with Crippen LogP contribution in [0.1, 0.15) is 323 Å². The highest BCUT2D eigenvalue weighted by Crippen LogP contribution is 2.17. The Bertz CT molecular complexity index is 1690. The molecule has 468 valence electrons. The van der Waals surface area contributed by atoms with Crippen molar-refractivity contribution in [2.75, 3.05) is 13.2 Å². The van der Waals surface area contributed by atoms with Crippen LogP contribution in [0.3, 0.4) is 0 Å². The van der Waals surface area contributed by atoms with Crippen molar-refractivity contribution < 1.29 is 28.6 Å². The SMILES string of the molecule is CC/C=C\C/C=C\C/C=C\C/C=C\C/C=C\C/C=C\CCCCCCCCCCC(=O)OC(COC(=O)CCCCCCCCCC)COC(=O)CCCCCCCCCCCCCCCCCC/C=C\C/C=C\C/C=C\C/C=C\CC. The molecule has 0 aliphatic rings. The lowest BCUT2D eigenvalue weighted by Gasteiger charge is -2.18. The molecule has 0 aromatic rings. The summed E-state index contributed by atoms with van der Waals surface area (Å²) in [5.41, 5.74) is 0. The average molecular weight is 1140 g/mol. The largest absolute Gasteiger partial charge is 0.462 e. The molecule has 0 aliphatic carbocycles. The maximum absolute atomic E-state index is 12.9. The Kier molecular flexibility index (Phi) is 65.8. The lowest BCUT2D eigenvalue weighted by Crippen LogP contribution is -2.30. The van der Waals surface area contributed by atoms with Crippen LogP contribution in [0.2, 0.25) is 0 Å². The molecule has 0 bridgehead atoms. The number of carbonyl (C=O) groups excluding carboxylic acids is 3. The Morgan fingerprint density at radius 1 is 0.256 bits per heavy atom. The standard InChI is InChI=1S/C76H128O6/c1-4-7-10-13-16-19-21-23-25-27-29-31-33-35-37-38-40-41-43-45-47-49-51-53-55-57-60-63-66-69-75(78)81-72-73(71-80-74(77)68-65-62-59-18-15-12-9-6-3)82-76(79)70-67-64-61-58-56-54-52-50-48-46-44-42-39-36-34-32-30-28-26-24-22-20-17-14-11-8-5-2/h7-8,10-11,16-17,19-20,23-26,29-32,36,39,44,46,73H,4-6,9,12-15,18,21-22,27-28,33-35,37-38,40-43,45,47-72H2,1-3H3/b10-7-,11-8-,19-16-,20-17-,25-23-,26-24-,31-29-,32-30-,39-36-,46-44-. The Labute approximate surface area is 507 Å². The van der Waals surface area contributed by atoms with Gasteiger partial charge in [0.15, 0.2) is 6.10 Å². The van der Waals surface area contributed by atoms with Crippen molar-refractivity contribution in [3.05, 3.63) is 122 Å². The first-order valence-electron chi connectivity index (χ1n) is 34.5. The zero-order valence-corrected chi connectivity index (χ0v) is 53.7. The van der Waals surface area contributed by atoms with Crippen LogP contribution in [0.15, 0.2) is 122 Å². The van der Waals surface area contributed by atoms with Crippen LogP contribution in [0.25, 0.3) is 0 Å². The zero-order chi connectivity index (χ0) is 59.2.